The summed E-state index contributed by atoms with van der Waals surface area (Å²) in [4.78, 5) is 30.7. The van der Waals surface area contributed by atoms with Crippen LogP contribution in [0.5, 0.6) is 0 Å². The minimum Gasteiger partial charge on any atom is -0.302 e. The fourth-order valence-electron chi connectivity index (χ4n) is 2.73. The van der Waals surface area contributed by atoms with E-state index in [9.17, 15) is 9.59 Å². The van der Waals surface area contributed by atoms with Gasteiger partial charge >= 0.3 is 0 Å². The molecule has 25 heavy (non-hydrogen) atoms. The third-order valence-corrected chi connectivity index (χ3v) is 5.30. The van der Waals surface area contributed by atoms with E-state index in [4.69, 9.17) is 16.4 Å². The number of ketones is 2. The Morgan fingerprint density at radius 2 is 1.92 bits per heavy atom. The molecular weight excluding hydrogens is 358 g/mol. The Balaban J connectivity index is 1.75. The lowest BCUT2D eigenvalue weighted by atomic mass is 9.82. The Morgan fingerprint density at radius 3 is 2.56 bits per heavy atom. The van der Waals surface area contributed by atoms with Crippen LogP contribution in [0.3, 0.4) is 0 Å². The van der Waals surface area contributed by atoms with Crippen LogP contribution in [-0.4, -0.2) is 30.5 Å². The Labute approximate surface area is 158 Å². The number of hydrogen-bond donors (Lipinski definition) is 1. The van der Waals surface area contributed by atoms with Crippen molar-refractivity contribution in [2.75, 3.05) is 18.9 Å². The molecule has 136 valence electrons. The molecule has 0 saturated heterocycles. The maximum atomic E-state index is 12.2. The van der Waals surface area contributed by atoms with E-state index in [1.54, 1.807) is 17.8 Å². The molecule has 0 unspecified atom stereocenters. The SMILES string of the molecule is CCONCCC=C1C(=O)CC(CCSc2ccc(Cl)cc2)CC1=O. The molecule has 1 aromatic carbocycles. The van der Waals surface area contributed by atoms with Crippen LogP contribution in [0.15, 0.2) is 40.8 Å². The first-order valence-electron chi connectivity index (χ1n) is 8.59. The Kier molecular flexibility index (Phi) is 8.68. The number of benzene rings is 1. The van der Waals surface area contributed by atoms with Crippen molar-refractivity contribution in [3.05, 3.63) is 40.9 Å². The summed E-state index contributed by atoms with van der Waals surface area (Å²) in [7, 11) is 0. The van der Waals surface area contributed by atoms with Gasteiger partial charge in [-0.1, -0.05) is 17.7 Å². The molecule has 0 radical (unpaired) electrons. The van der Waals surface area contributed by atoms with E-state index in [0.717, 1.165) is 22.1 Å². The minimum absolute atomic E-state index is 0.0193. The first-order valence-corrected chi connectivity index (χ1v) is 9.96. The lowest BCUT2D eigenvalue weighted by molar-refractivity contribution is -0.125. The van der Waals surface area contributed by atoms with Crippen molar-refractivity contribution in [1.29, 1.82) is 0 Å². The lowest BCUT2D eigenvalue weighted by Gasteiger charge is -2.21. The Bertz CT molecular complexity index is 596. The number of rotatable bonds is 9. The number of carbonyl (C=O) groups excluding carboxylic acids is 2. The van der Waals surface area contributed by atoms with Crippen LogP contribution in [0, 0.1) is 5.92 Å². The highest BCUT2D eigenvalue weighted by Gasteiger charge is 2.29. The number of allylic oxidation sites excluding steroid dienone is 1. The van der Waals surface area contributed by atoms with E-state index < -0.39 is 0 Å². The van der Waals surface area contributed by atoms with Crippen LogP contribution < -0.4 is 5.48 Å². The fourth-order valence-corrected chi connectivity index (χ4v) is 3.87. The predicted octanol–water partition coefficient (Wildman–Crippen LogP) is 4.23. The molecule has 0 aliphatic heterocycles. The maximum Gasteiger partial charge on any atom is 0.166 e. The highest BCUT2D eigenvalue weighted by atomic mass is 35.5. The van der Waals surface area contributed by atoms with Crippen LogP contribution in [0.4, 0.5) is 0 Å². The van der Waals surface area contributed by atoms with Gasteiger partial charge in [0.05, 0.1) is 12.2 Å². The van der Waals surface area contributed by atoms with Crippen molar-refractivity contribution in [2.45, 2.75) is 37.5 Å². The van der Waals surface area contributed by atoms with E-state index in [-0.39, 0.29) is 17.5 Å². The number of hydroxylamine groups is 1. The van der Waals surface area contributed by atoms with Crippen LogP contribution >= 0.6 is 23.4 Å². The van der Waals surface area contributed by atoms with Crippen molar-refractivity contribution in [2.24, 2.45) is 5.92 Å². The summed E-state index contributed by atoms with van der Waals surface area (Å²) in [6, 6.07) is 7.71. The van der Waals surface area contributed by atoms with Gasteiger partial charge in [-0.2, -0.15) is 0 Å². The zero-order chi connectivity index (χ0) is 18.1. The monoisotopic (exact) mass is 381 g/mol. The summed E-state index contributed by atoms with van der Waals surface area (Å²) >= 11 is 7.60. The van der Waals surface area contributed by atoms with Gasteiger partial charge in [0.2, 0.25) is 0 Å². The summed E-state index contributed by atoms with van der Waals surface area (Å²) in [6.45, 7) is 3.08. The van der Waals surface area contributed by atoms with Crippen molar-refractivity contribution in [3.8, 4) is 0 Å². The van der Waals surface area contributed by atoms with Gasteiger partial charge in [-0.25, -0.2) is 5.48 Å². The van der Waals surface area contributed by atoms with Gasteiger partial charge in [0, 0.05) is 29.3 Å². The molecule has 0 amide bonds. The minimum atomic E-state index is -0.0193. The number of carbonyl (C=O) groups is 2. The molecular formula is C19H24ClNO3S. The molecule has 0 atom stereocenters. The third kappa shape index (κ3) is 6.94. The first kappa shape index (κ1) is 20.2. The molecule has 1 aromatic rings. The zero-order valence-corrected chi connectivity index (χ0v) is 16.0. The van der Waals surface area contributed by atoms with Crippen molar-refractivity contribution in [1.82, 2.24) is 5.48 Å². The first-order chi connectivity index (χ1) is 12.1. The fraction of sp³-hybridized carbons (Fsp3) is 0.474. The standard InChI is InChI=1S/C19H24ClNO3S/c1-2-24-21-10-3-4-17-18(22)12-14(13-19(17)23)9-11-25-16-7-5-15(20)6-8-16/h4-8,14,21H,2-3,9-13H2,1H3. The summed E-state index contributed by atoms with van der Waals surface area (Å²) in [5.41, 5.74) is 3.16. The van der Waals surface area contributed by atoms with Gasteiger partial charge in [-0.3, -0.25) is 9.59 Å². The second-order valence-electron chi connectivity index (χ2n) is 5.95. The van der Waals surface area contributed by atoms with Gasteiger partial charge in [0.25, 0.3) is 0 Å². The van der Waals surface area contributed by atoms with Gasteiger partial charge < -0.3 is 4.84 Å². The number of thioether (sulfide) groups is 1. The predicted molar refractivity (Wildman–Crippen MR) is 102 cm³/mol. The number of halogens is 1. The average molecular weight is 382 g/mol. The smallest absolute Gasteiger partial charge is 0.166 e. The van der Waals surface area contributed by atoms with E-state index in [2.05, 4.69) is 5.48 Å². The highest BCUT2D eigenvalue weighted by molar-refractivity contribution is 7.99. The third-order valence-electron chi connectivity index (χ3n) is 4.00. The number of Topliss-reactive ketones (excluding diaryl/α,β-unsaturated/α-hetero) is 2. The quantitative estimate of drug-likeness (QED) is 0.228. The lowest BCUT2D eigenvalue weighted by Crippen LogP contribution is -2.26. The summed E-state index contributed by atoms with van der Waals surface area (Å²) in [6.07, 6.45) is 4.17. The zero-order valence-electron chi connectivity index (χ0n) is 14.4. The second kappa shape index (κ2) is 10.8. The van der Waals surface area contributed by atoms with Gasteiger partial charge in [0.1, 0.15) is 0 Å². The van der Waals surface area contributed by atoms with Crippen LogP contribution in [0.2, 0.25) is 5.02 Å². The van der Waals surface area contributed by atoms with Gasteiger partial charge in [-0.05, 0) is 55.7 Å². The summed E-state index contributed by atoms with van der Waals surface area (Å²) < 4.78 is 0. The molecule has 2 rings (SSSR count). The molecule has 1 aliphatic rings. The normalized spacial score (nSPS) is 17.8. The molecule has 0 heterocycles. The number of hydrogen-bond acceptors (Lipinski definition) is 5. The van der Waals surface area contributed by atoms with Crippen LogP contribution in [0.1, 0.15) is 32.6 Å². The van der Waals surface area contributed by atoms with Crippen molar-refractivity contribution < 1.29 is 14.4 Å². The Morgan fingerprint density at radius 1 is 1.24 bits per heavy atom. The van der Waals surface area contributed by atoms with Crippen molar-refractivity contribution in [3.63, 3.8) is 0 Å². The second-order valence-corrected chi connectivity index (χ2v) is 7.55. The van der Waals surface area contributed by atoms with Crippen molar-refractivity contribution >= 4 is 34.9 Å². The van der Waals surface area contributed by atoms with E-state index >= 15 is 0 Å². The van der Waals surface area contributed by atoms with Gasteiger partial charge in [-0.15, -0.1) is 11.8 Å². The van der Waals surface area contributed by atoms with E-state index in [1.807, 2.05) is 31.2 Å². The average Bonchev–Trinajstić information content (AvgIpc) is 2.58. The van der Waals surface area contributed by atoms with Gasteiger partial charge in [0.15, 0.2) is 11.6 Å². The topological polar surface area (TPSA) is 55.4 Å². The van der Waals surface area contributed by atoms with Crippen LogP contribution in [0.25, 0.3) is 0 Å². The molecule has 4 nitrogen and oxygen atoms in total. The molecule has 0 aromatic heterocycles. The maximum absolute atomic E-state index is 12.2. The Hall–Kier alpha value is -1.14. The molecule has 1 N–H and O–H groups in total. The molecule has 1 aliphatic carbocycles. The summed E-state index contributed by atoms with van der Waals surface area (Å²) in [5.74, 6) is 1.01. The van der Waals surface area contributed by atoms with E-state index in [0.29, 0.717) is 38.0 Å². The number of nitrogens with one attached hydrogen (secondary N) is 1. The molecule has 6 heteroatoms. The summed E-state index contributed by atoms with van der Waals surface area (Å²) in [5, 5.41) is 0.726. The largest absolute Gasteiger partial charge is 0.302 e. The molecule has 1 fully saturated rings. The highest BCUT2D eigenvalue weighted by Crippen LogP contribution is 2.29. The molecule has 0 bridgehead atoms. The molecule has 1 saturated carbocycles. The van der Waals surface area contributed by atoms with Crippen LogP contribution in [-0.2, 0) is 14.4 Å². The van der Waals surface area contributed by atoms with E-state index in [1.165, 1.54) is 0 Å². The molecule has 0 spiro atoms.